The molecule has 1 aromatic rings. The van der Waals surface area contributed by atoms with Crippen LogP contribution >= 0.6 is 0 Å². The van der Waals surface area contributed by atoms with Gasteiger partial charge in [0.05, 0.1) is 11.1 Å². The van der Waals surface area contributed by atoms with E-state index in [-0.39, 0.29) is 5.56 Å². The Balaban J connectivity index is 2.16. The fraction of sp³-hybridized carbons (Fsp3) is 0.417. The number of nitrogens with one attached hydrogen (secondary N) is 1. The molecule has 0 heterocycles. The molecule has 3 N–H and O–H groups in total. The molecule has 1 aliphatic carbocycles. The lowest BCUT2D eigenvalue weighted by Gasteiger charge is -2.15. The summed E-state index contributed by atoms with van der Waals surface area (Å²) in [4.78, 5) is 11.8. The van der Waals surface area contributed by atoms with Gasteiger partial charge in [-0.2, -0.15) is 13.2 Å². The third-order valence-electron chi connectivity index (χ3n) is 3.08. The van der Waals surface area contributed by atoms with Crippen molar-refractivity contribution in [3.8, 4) is 0 Å². The molecule has 6 heteroatoms. The first-order chi connectivity index (χ1) is 8.36. The Kier molecular flexibility index (Phi) is 3.06. The number of amides is 1. The van der Waals surface area contributed by atoms with E-state index >= 15 is 0 Å². The number of rotatable bonds is 3. The zero-order valence-electron chi connectivity index (χ0n) is 9.55. The minimum atomic E-state index is -4.44. The zero-order valence-corrected chi connectivity index (χ0v) is 9.55. The SMILES string of the molecule is NCC1(NC(=O)c2cccc(C(F)(F)F)c2)CC1. The van der Waals surface area contributed by atoms with Crippen LogP contribution in [0.1, 0.15) is 28.8 Å². The monoisotopic (exact) mass is 258 g/mol. The number of carbonyl (C=O) groups is 1. The van der Waals surface area contributed by atoms with Gasteiger partial charge in [-0.05, 0) is 31.0 Å². The molecule has 1 fully saturated rings. The standard InChI is InChI=1S/C12H13F3N2O/c13-12(14,15)9-3-1-2-8(6-9)10(18)17-11(7-16)4-5-11/h1-3,6H,4-5,7,16H2,(H,17,18). The summed E-state index contributed by atoms with van der Waals surface area (Å²) in [7, 11) is 0. The summed E-state index contributed by atoms with van der Waals surface area (Å²) in [5, 5.41) is 2.68. The largest absolute Gasteiger partial charge is 0.416 e. The zero-order chi connectivity index (χ0) is 13.4. The average Bonchev–Trinajstić information content (AvgIpc) is 3.08. The molecular formula is C12H13F3N2O. The maximum atomic E-state index is 12.5. The predicted molar refractivity (Wildman–Crippen MR) is 59.9 cm³/mol. The molecule has 1 saturated carbocycles. The summed E-state index contributed by atoms with van der Waals surface area (Å²) in [5.41, 5.74) is 4.27. The van der Waals surface area contributed by atoms with Crippen LogP contribution in [0.2, 0.25) is 0 Å². The highest BCUT2D eigenvalue weighted by Crippen LogP contribution is 2.34. The Labute approximate surface area is 102 Å². The van der Waals surface area contributed by atoms with Gasteiger partial charge in [0.2, 0.25) is 0 Å². The first-order valence-corrected chi connectivity index (χ1v) is 5.56. The Hall–Kier alpha value is -1.56. The maximum absolute atomic E-state index is 12.5. The van der Waals surface area contributed by atoms with E-state index < -0.39 is 23.2 Å². The Morgan fingerprint density at radius 1 is 1.39 bits per heavy atom. The third kappa shape index (κ3) is 2.64. The van der Waals surface area contributed by atoms with Crippen LogP contribution in [0, 0.1) is 0 Å². The van der Waals surface area contributed by atoms with E-state index in [2.05, 4.69) is 5.32 Å². The molecule has 0 radical (unpaired) electrons. The van der Waals surface area contributed by atoms with E-state index in [4.69, 9.17) is 5.73 Å². The lowest BCUT2D eigenvalue weighted by Crippen LogP contribution is -2.42. The molecule has 0 bridgehead atoms. The van der Waals surface area contributed by atoms with Crippen LogP contribution < -0.4 is 11.1 Å². The van der Waals surface area contributed by atoms with Gasteiger partial charge >= 0.3 is 6.18 Å². The van der Waals surface area contributed by atoms with Gasteiger partial charge < -0.3 is 11.1 Å². The topological polar surface area (TPSA) is 55.1 Å². The number of benzene rings is 1. The second kappa shape index (κ2) is 4.28. The van der Waals surface area contributed by atoms with Gasteiger partial charge in [-0.15, -0.1) is 0 Å². The number of halogens is 3. The smallest absolute Gasteiger partial charge is 0.345 e. The molecule has 98 valence electrons. The highest BCUT2D eigenvalue weighted by atomic mass is 19.4. The van der Waals surface area contributed by atoms with Crippen LogP contribution in [0.3, 0.4) is 0 Å². The summed E-state index contributed by atoms with van der Waals surface area (Å²) in [5.74, 6) is -0.510. The molecule has 0 unspecified atom stereocenters. The lowest BCUT2D eigenvalue weighted by atomic mass is 10.1. The van der Waals surface area contributed by atoms with Gasteiger partial charge in [0.25, 0.3) is 5.91 Å². The van der Waals surface area contributed by atoms with Gasteiger partial charge in [-0.1, -0.05) is 6.07 Å². The van der Waals surface area contributed by atoms with Crippen LogP contribution in [0.4, 0.5) is 13.2 Å². The molecule has 1 aromatic carbocycles. The van der Waals surface area contributed by atoms with E-state index in [9.17, 15) is 18.0 Å². The van der Waals surface area contributed by atoms with Crippen LogP contribution in [0.5, 0.6) is 0 Å². The summed E-state index contributed by atoms with van der Waals surface area (Å²) in [6, 6.07) is 4.37. The molecule has 2 rings (SSSR count). The first kappa shape index (κ1) is 12.9. The Morgan fingerprint density at radius 3 is 2.56 bits per heavy atom. The molecule has 3 nitrogen and oxygen atoms in total. The van der Waals surface area contributed by atoms with Crippen molar-refractivity contribution in [3.05, 3.63) is 35.4 Å². The van der Waals surface area contributed by atoms with E-state index in [0.717, 1.165) is 25.0 Å². The molecule has 0 aromatic heterocycles. The molecule has 0 spiro atoms. The van der Waals surface area contributed by atoms with E-state index in [0.29, 0.717) is 6.54 Å². The maximum Gasteiger partial charge on any atom is 0.416 e. The number of carbonyl (C=O) groups excluding carboxylic acids is 1. The molecule has 18 heavy (non-hydrogen) atoms. The van der Waals surface area contributed by atoms with E-state index in [1.54, 1.807) is 0 Å². The summed E-state index contributed by atoms with van der Waals surface area (Å²) in [6.45, 7) is 0.303. The van der Waals surface area contributed by atoms with Crippen molar-refractivity contribution in [3.63, 3.8) is 0 Å². The van der Waals surface area contributed by atoms with Gasteiger partial charge in [-0.25, -0.2) is 0 Å². The quantitative estimate of drug-likeness (QED) is 0.870. The molecular weight excluding hydrogens is 245 g/mol. The fourth-order valence-corrected chi connectivity index (χ4v) is 1.68. The van der Waals surface area contributed by atoms with Crippen molar-refractivity contribution in [1.82, 2.24) is 5.32 Å². The molecule has 0 aliphatic heterocycles. The van der Waals surface area contributed by atoms with Gasteiger partial charge in [-0.3, -0.25) is 4.79 Å². The average molecular weight is 258 g/mol. The van der Waals surface area contributed by atoms with Crippen molar-refractivity contribution in [1.29, 1.82) is 0 Å². The molecule has 1 amide bonds. The van der Waals surface area contributed by atoms with Gasteiger partial charge in [0, 0.05) is 12.1 Å². The van der Waals surface area contributed by atoms with Crippen molar-refractivity contribution < 1.29 is 18.0 Å². The highest BCUT2D eigenvalue weighted by Gasteiger charge is 2.42. The van der Waals surface area contributed by atoms with Gasteiger partial charge in [0.15, 0.2) is 0 Å². The number of nitrogens with two attached hydrogens (primary N) is 1. The summed E-state index contributed by atoms with van der Waals surface area (Å²) < 4.78 is 37.5. The number of alkyl halides is 3. The lowest BCUT2D eigenvalue weighted by molar-refractivity contribution is -0.137. The number of hydrogen-bond acceptors (Lipinski definition) is 2. The molecule has 1 aliphatic rings. The Morgan fingerprint density at radius 2 is 2.06 bits per heavy atom. The van der Waals surface area contributed by atoms with Crippen LogP contribution in [0.25, 0.3) is 0 Å². The van der Waals surface area contributed by atoms with E-state index in [1.165, 1.54) is 12.1 Å². The normalized spacial score (nSPS) is 17.3. The predicted octanol–water partition coefficient (Wildman–Crippen LogP) is 1.93. The minimum absolute atomic E-state index is 0.00421. The van der Waals surface area contributed by atoms with Crippen LogP contribution in [-0.4, -0.2) is 18.0 Å². The van der Waals surface area contributed by atoms with Crippen LogP contribution in [0.15, 0.2) is 24.3 Å². The fourth-order valence-electron chi connectivity index (χ4n) is 1.68. The van der Waals surface area contributed by atoms with Crippen molar-refractivity contribution >= 4 is 5.91 Å². The van der Waals surface area contributed by atoms with Crippen molar-refractivity contribution in [2.75, 3.05) is 6.54 Å². The third-order valence-corrected chi connectivity index (χ3v) is 3.08. The van der Waals surface area contributed by atoms with Crippen molar-refractivity contribution in [2.24, 2.45) is 5.73 Å². The second-order valence-electron chi connectivity index (χ2n) is 4.52. The summed E-state index contributed by atoms with van der Waals surface area (Å²) >= 11 is 0. The molecule has 0 saturated heterocycles. The first-order valence-electron chi connectivity index (χ1n) is 5.56. The van der Waals surface area contributed by atoms with E-state index in [1.807, 2.05) is 0 Å². The van der Waals surface area contributed by atoms with Crippen LogP contribution in [-0.2, 0) is 6.18 Å². The second-order valence-corrected chi connectivity index (χ2v) is 4.52. The highest BCUT2D eigenvalue weighted by molar-refractivity contribution is 5.95. The summed E-state index contributed by atoms with van der Waals surface area (Å²) in [6.07, 6.45) is -2.90. The Bertz CT molecular complexity index is 467. The van der Waals surface area contributed by atoms with Gasteiger partial charge in [0.1, 0.15) is 0 Å². The van der Waals surface area contributed by atoms with Crippen molar-refractivity contribution in [2.45, 2.75) is 24.6 Å². The minimum Gasteiger partial charge on any atom is -0.345 e. The number of hydrogen-bond donors (Lipinski definition) is 2. The molecule has 0 atom stereocenters.